The van der Waals surface area contributed by atoms with E-state index in [0.29, 0.717) is 13.0 Å². The number of rotatable bonds is 5. The molecule has 1 rings (SSSR count). The van der Waals surface area contributed by atoms with Gasteiger partial charge in [-0.2, -0.15) is 0 Å². The molecular formula is C15H21NO3S. The third-order valence-electron chi connectivity index (χ3n) is 3.28. The van der Waals surface area contributed by atoms with Gasteiger partial charge >= 0.3 is 0 Å². The van der Waals surface area contributed by atoms with Crippen molar-refractivity contribution >= 4 is 17.2 Å². The lowest BCUT2D eigenvalue weighted by Gasteiger charge is -2.30. The Morgan fingerprint density at radius 3 is 2.85 bits per heavy atom. The average Bonchev–Trinajstić information content (AvgIpc) is 2.90. The zero-order valence-corrected chi connectivity index (χ0v) is 13.2. The number of amides is 1. The Hall–Kier alpha value is -1.35. The number of carbonyl (C=O) groups is 1. The van der Waals surface area contributed by atoms with Crippen LogP contribution in [0, 0.1) is 11.8 Å². The van der Waals surface area contributed by atoms with Gasteiger partial charge in [0.1, 0.15) is 12.2 Å². The first-order valence-electron chi connectivity index (χ1n) is 6.44. The number of likely N-dealkylation sites (N-methyl/N-ethyl adjacent to an activating group) is 1. The molecule has 0 aromatic carbocycles. The number of ether oxygens (including phenoxy) is 1. The first kappa shape index (κ1) is 16.7. The predicted octanol–water partition coefficient (Wildman–Crippen LogP) is 1.87. The molecule has 1 N–H and O–H groups in total. The second-order valence-electron chi connectivity index (χ2n) is 4.71. The first-order valence-corrected chi connectivity index (χ1v) is 7.32. The van der Waals surface area contributed by atoms with Crippen LogP contribution in [0.25, 0.3) is 0 Å². The van der Waals surface area contributed by atoms with Crippen LogP contribution in [-0.4, -0.2) is 42.3 Å². The van der Waals surface area contributed by atoms with Crippen molar-refractivity contribution in [3.05, 3.63) is 21.9 Å². The van der Waals surface area contributed by atoms with Crippen LogP contribution in [0.3, 0.4) is 0 Å². The van der Waals surface area contributed by atoms with E-state index in [2.05, 4.69) is 11.8 Å². The van der Waals surface area contributed by atoms with E-state index in [1.807, 2.05) is 18.4 Å². The summed E-state index contributed by atoms with van der Waals surface area (Å²) in [7, 11) is 3.33. The van der Waals surface area contributed by atoms with Gasteiger partial charge in [-0.25, -0.2) is 0 Å². The largest absolute Gasteiger partial charge is 0.384 e. The summed E-state index contributed by atoms with van der Waals surface area (Å²) < 4.78 is 5.33. The minimum atomic E-state index is -0.772. The Morgan fingerprint density at radius 1 is 1.60 bits per heavy atom. The van der Waals surface area contributed by atoms with Crippen LogP contribution in [0.5, 0.6) is 0 Å². The summed E-state index contributed by atoms with van der Waals surface area (Å²) >= 11 is 1.55. The lowest BCUT2D eigenvalue weighted by Crippen LogP contribution is -2.46. The highest BCUT2D eigenvalue weighted by Crippen LogP contribution is 2.20. The fourth-order valence-electron chi connectivity index (χ4n) is 1.76. The maximum absolute atomic E-state index is 12.4. The standard InChI is InChI=1S/C15H21NO3S/c1-5-15(2,19-4)14(18)16(3)10-13-9-12(11-20-13)7-6-8-17/h9,11,17H,5,8,10H2,1-4H3. The van der Waals surface area contributed by atoms with E-state index in [9.17, 15) is 4.79 Å². The van der Waals surface area contributed by atoms with Crippen LogP contribution in [0.2, 0.25) is 0 Å². The molecule has 1 amide bonds. The molecule has 0 aliphatic heterocycles. The maximum atomic E-state index is 12.4. The van der Waals surface area contributed by atoms with E-state index >= 15 is 0 Å². The quantitative estimate of drug-likeness (QED) is 0.844. The van der Waals surface area contributed by atoms with E-state index < -0.39 is 5.60 Å². The van der Waals surface area contributed by atoms with Crippen molar-refractivity contribution in [1.82, 2.24) is 4.90 Å². The molecule has 20 heavy (non-hydrogen) atoms. The van der Waals surface area contributed by atoms with E-state index in [1.54, 1.807) is 37.3 Å². The number of nitrogens with zero attached hydrogens (tertiary/aromatic N) is 1. The number of aliphatic hydroxyl groups is 1. The van der Waals surface area contributed by atoms with Crippen molar-refractivity contribution in [2.24, 2.45) is 0 Å². The zero-order chi connectivity index (χ0) is 15.2. The molecule has 0 spiro atoms. The van der Waals surface area contributed by atoms with Crippen LogP contribution in [0.4, 0.5) is 0 Å². The second-order valence-corrected chi connectivity index (χ2v) is 5.71. The maximum Gasteiger partial charge on any atom is 0.254 e. The highest BCUT2D eigenvalue weighted by molar-refractivity contribution is 7.10. The summed E-state index contributed by atoms with van der Waals surface area (Å²) in [6.45, 7) is 4.12. The molecule has 110 valence electrons. The summed E-state index contributed by atoms with van der Waals surface area (Å²) in [5.74, 6) is 5.43. The number of methoxy groups -OCH3 is 1. The van der Waals surface area contributed by atoms with Crippen molar-refractivity contribution in [1.29, 1.82) is 0 Å². The van der Waals surface area contributed by atoms with E-state index in [-0.39, 0.29) is 12.5 Å². The lowest BCUT2D eigenvalue weighted by atomic mass is 10.0. The van der Waals surface area contributed by atoms with Crippen molar-refractivity contribution in [2.45, 2.75) is 32.4 Å². The van der Waals surface area contributed by atoms with Crippen LogP contribution >= 0.6 is 11.3 Å². The molecule has 1 aromatic rings. The van der Waals surface area contributed by atoms with Gasteiger partial charge in [0.15, 0.2) is 0 Å². The Labute approximate surface area is 124 Å². The van der Waals surface area contributed by atoms with Crippen molar-refractivity contribution in [3.63, 3.8) is 0 Å². The summed E-state index contributed by atoms with van der Waals surface area (Å²) in [4.78, 5) is 15.1. The van der Waals surface area contributed by atoms with Gasteiger partial charge < -0.3 is 14.7 Å². The Kier molecular flexibility index (Phi) is 6.21. The molecule has 0 bridgehead atoms. The molecule has 1 aromatic heterocycles. The smallest absolute Gasteiger partial charge is 0.254 e. The number of aliphatic hydroxyl groups excluding tert-OH is 1. The normalized spacial score (nSPS) is 13.2. The van der Waals surface area contributed by atoms with Crippen LogP contribution in [0.15, 0.2) is 11.4 Å². The molecule has 1 unspecified atom stereocenters. The Balaban J connectivity index is 2.73. The van der Waals surface area contributed by atoms with Crippen LogP contribution in [0.1, 0.15) is 30.7 Å². The molecule has 0 aliphatic carbocycles. The van der Waals surface area contributed by atoms with E-state index in [4.69, 9.17) is 9.84 Å². The van der Waals surface area contributed by atoms with Gasteiger partial charge in [-0.15, -0.1) is 11.3 Å². The van der Waals surface area contributed by atoms with Gasteiger partial charge in [-0.05, 0) is 19.4 Å². The van der Waals surface area contributed by atoms with Gasteiger partial charge in [0.05, 0.1) is 6.54 Å². The molecule has 0 saturated heterocycles. The lowest BCUT2D eigenvalue weighted by molar-refractivity contribution is -0.152. The van der Waals surface area contributed by atoms with Gasteiger partial charge in [-0.3, -0.25) is 4.79 Å². The summed E-state index contributed by atoms with van der Waals surface area (Å²) in [5.41, 5.74) is 0.0934. The topological polar surface area (TPSA) is 49.8 Å². The fraction of sp³-hybridized carbons (Fsp3) is 0.533. The third kappa shape index (κ3) is 4.07. The fourth-order valence-corrected chi connectivity index (χ4v) is 2.63. The van der Waals surface area contributed by atoms with Gasteiger partial charge in [-0.1, -0.05) is 18.8 Å². The highest BCUT2D eigenvalue weighted by atomic mass is 32.1. The van der Waals surface area contributed by atoms with Gasteiger partial charge in [0, 0.05) is 30.0 Å². The number of carbonyl (C=O) groups excluding carboxylic acids is 1. The molecule has 1 heterocycles. The van der Waals surface area contributed by atoms with Gasteiger partial charge in [0.25, 0.3) is 5.91 Å². The second kappa shape index (κ2) is 7.44. The zero-order valence-electron chi connectivity index (χ0n) is 12.4. The number of hydrogen-bond acceptors (Lipinski definition) is 4. The predicted molar refractivity (Wildman–Crippen MR) is 80.5 cm³/mol. The summed E-state index contributed by atoms with van der Waals surface area (Å²) in [5, 5.41) is 10.6. The monoisotopic (exact) mass is 295 g/mol. The highest BCUT2D eigenvalue weighted by Gasteiger charge is 2.33. The SMILES string of the molecule is CCC(C)(OC)C(=O)N(C)Cc1cc(C#CCO)cs1. The molecular weight excluding hydrogens is 274 g/mol. The van der Waals surface area contributed by atoms with Crippen molar-refractivity contribution < 1.29 is 14.6 Å². The van der Waals surface area contributed by atoms with Crippen molar-refractivity contribution in [3.8, 4) is 11.8 Å². The average molecular weight is 295 g/mol. The minimum Gasteiger partial charge on any atom is -0.384 e. The Morgan fingerprint density at radius 2 is 2.30 bits per heavy atom. The van der Waals surface area contributed by atoms with E-state index in [1.165, 1.54) is 0 Å². The number of hydrogen-bond donors (Lipinski definition) is 1. The number of thiophene rings is 1. The van der Waals surface area contributed by atoms with Crippen LogP contribution < -0.4 is 0 Å². The summed E-state index contributed by atoms with van der Waals surface area (Å²) in [6, 6.07) is 1.94. The molecule has 0 fully saturated rings. The van der Waals surface area contributed by atoms with Crippen molar-refractivity contribution in [2.75, 3.05) is 20.8 Å². The van der Waals surface area contributed by atoms with E-state index in [0.717, 1.165) is 10.4 Å². The molecule has 5 heteroatoms. The van der Waals surface area contributed by atoms with Gasteiger partial charge in [0.2, 0.25) is 0 Å². The third-order valence-corrected chi connectivity index (χ3v) is 4.20. The molecule has 0 saturated carbocycles. The Bertz CT molecular complexity index is 509. The summed E-state index contributed by atoms with van der Waals surface area (Å²) in [6.07, 6.45) is 0.629. The molecule has 1 atom stereocenters. The minimum absolute atomic E-state index is 0.0288. The van der Waals surface area contributed by atoms with Crippen LogP contribution in [-0.2, 0) is 16.1 Å². The molecule has 0 aliphatic rings. The first-order chi connectivity index (χ1) is 9.46. The molecule has 4 nitrogen and oxygen atoms in total. The molecule has 0 radical (unpaired) electrons.